The van der Waals surface area contributed by atoms with Gasteiger partial charge in [0.1, 0.15) is 0 Å². The van der Waals surface area contributed by atoms with Gasteiger partial charge < -0.3 is 20.3 Å². The Hall–Kier alpha value is -0.810. The summed E-state index contributed by atoms with van der Waals surface area (Å²) in [5.41, 5.74) is 0.0602. The number of nitrogens with one attached hydrogen (secondary N) is 2. The van der Waals surface area contributed by atoms with Gasteiger partial charge in [0.05, 0.1) is 5.60 Å². The van der Waals surface area contributed by atoms with E-state index in [-0.39, 0.29) is 17.7 Å². The van der Waals surface area contributed by atoms with Crippen molar-refractivity contribution in [2.24, 2.45) is 5.92 Å². The second-order valence-electron chi connectivity index (χ2n) is 8.52. The van der Waals surface area contributed by atoms with E-state index < -0.39 is 0 Å². The van der Waals surface area contributed by atoms with Crippen molar-refractivity contribution < 1.29 is 9.53 Å². The molecular weight excluding hydrogens is 302 g/mol. The third kappa shape index (κ3) is 4.05. The van der Waals surface area contributed by atoms with E-state index in [9.17, 15) is 4.79 Å². The van der Waals surface area contributed by atoms with Gasteiger partial charge in [-0.25, -0.2) is 4.79 Å². The Morgan fingerprint density at radius 2 is 1.96 bits per heavy atom. The van der Waals surface area contributed by atoms with Crippen LogP contribution in [-0.2, 0) is 4.74 Å². The van der Waals surface area contributed by atoms with Crippen LogP contribution in [0.2, 0.25) is 0 Å². The summed E-state index contributed by atoms with van der Waals surface area (Å²) in [5, 5.41) is 6.34. The summed E-state index contributed by atoms with van der Waals surface area (Å²) >= 11 is 0. The Balaban J connectivity index is 1.18. The number of likely N-dealkylation sites (tertiary alicyclic amines) is 1. The van der Waals surface area contributed by atoms with Crippen molar-refractivity contribution >= 4 is 6.03 Å². The molecule has 2 atom stereocenters. The van der Waals surface area contributed by atoms with Gasteiger partial charge in [0.2, 0.25) is 0 Å². The maximum atomic E-state index is 12.3. The standard InChI is InChI=1S/C19H33N3O2/c23-18(20-13-15-6-10-22(14-15)17-4-5-17)21-16-7-11-24-19(12-16)8-2-1-3-9-19/h15-17H,1-14H2,(H2,20,21,23)/t15-,16+/m0/s1. The number of hydrogen-bond donors (Lipinski definition) is 2. The van der Waals surface area contributed by atoms with Gasteiger partial charge in [0, 0.05) is 31.8 Å². The maximum absolute atomic E-state index is 12.3. The molecule has 0 aromatic rings. The van der Waals surface area contributed by atoms with Gasteiger partial charge in [0.15, 0.2) is 0 Å². The van der Waals surface area contributed by atoms with Gasteiger partial charge in [-0.2, -0.15) is 0 Å². The number of rotatable bonds is 4. The number of amides is 2. The van der Waals surface area contributed by atoms with Crippen molar-refractivity contribution in [1.29, 1.82) is 0 Å². The van der Waals surface area contributed by atoms with Crippen LogP contribution >= 0.6 is 0 Å². The highest BCUT2D eigenvalue weighted by atomic mass is 16.5. The number of nitrogens with zero attached hydrogens (tertiary/aromatic N) is 1. The molecule has 0 bridgehead atoms. The minimum atomic E-state index is 0.0257. The predicted octanol–water partition coefficient (Wildman–Crippen LogP) is 2.65. The Bertz CT molecular complexity index is 440. The summed E-state index contributed by atoms with van der Waals surface area (Å²) in [6.45, 7) is 4.01. The highest BCUT2D eigenvalue weighted by Gasteiger charge is 2.39. The highest BCUT2D eigenvalue weighted by Crippen LogP contribution is 2.38. The number of hydrogen-bond acceptors (Lipinski definition) is 3. The summed E-state index contributed by atoms with van der Waals surface area (Å²) < 4.78 is 6.12. The molecule has 2 N–H and O–H groups in total. The van der Waals surface area contributed by atoms with E-state index in [0.717, 1.165) is 32.0 Å². The lowest BCUT2D eigenvalue weighted by Crippen LogP contribution is -2.52. The topological polar surface area (TPSA) is 53.6 Å². The molecule has 1 spiro atoms. The van der Waals surface area contributed by atoms with Crippen LogP contribution in [0.3, 0.4) is 0 Å². The molecule has 4 fully saturated rings. The third-order valence-electron chi connectivity index (χ3n) is 6.52. The summed E-state index contributed by atoms with van der Waals surface area (Å²) in [6, 6.07) is 1.17. The van der Waals surface area contributed by atoms with E-state index in [0.29, 0.717) is 5.92 Å². The lowest BCUT2D eigenvalue weighted by atomic mass is 9.78. The van der Waals surface area contributed by atoms with Gasteiger partial charge in [-0.15, -0.1) is 0 Å². The van der Waals surface area contributed by atoms with Crippen molar-refractivity contribution in [3.63, 3.8) is 0 Å². The SMILES string of the molecule is O=C(NC[C@@H]1CCN(C2CC2)C1)N[C@@H]1CCOC2(CCCCC2)C1. The van der Waals surface area contributed by atoms with Crippen LogP contribution in [0.4, 0.5) is 4.79 Å². The first-order valence-corrected chi connectivity index (χ1v) is 10.1. The molecule has 2 amide bonds. The minimum absolute atomic E-state index is 0.0257. The zero-order valence-corrected chi connectivity index (χ0v) is 14.9. The molecule has 5 nitrogen and oxygen atoms in total. The number of carbonyl (C=O) groups excluding carboxylic acids is 1. The average Bonchev–Trinajstić information content (AvgIpc) is 3.32. The number of ether oxygens (including phenoxy) is 1. The van der Waals surface area contributed by atoms with Crippen molar-refractivity contribution in [2.75, 3.05) is 26.2 Å². The summed E-state index contributed by atoms with van der Waals surface area (Å²) in [6.07, 6.45) is 12.2. The molecule has 2 aliphatic carbocycles. The lowest BCUT2D eigenvalue weighted by Gasteiger charge is -2.43. The van der Waals surface area contributed by atoms with E-state index in [1.165, 1.54) is 64.5 Å². The summed E-state index contributed by atoms with van der Waals surface area (Å²) in [7, 11) is 0. The zero-order chi connectivity index (χ0) is 16.4. The van der Waals surface area contributed by atoms with Gasteiger partial charge in [-0.05, 0) is 57.4 Å². The van der Waals surface area contributed by atoms with Crippen LogP contribution < -0.4 is 10.6 Å². The number of carbonyl (C=O) groups is 1. The second kappa shape index (κ2) is 7.20. The molecule has 4 rings (SSSR count). The third-order valence-corrected chi connectivity index (χ3v) is 6.52. The van der Waals surface area contributed by atoms with Crippen molar-refractivity contribution in [2.45, 2.75) is 81.9 Å². The van der Waals surface area contributed by atoms with Crippen LogP contribution in [0, 0.1) is 5.92 Å². The van der Waals surface area contributed by atoms with E-state index in [4.69, 9.17) is 4.74 Å². The fourth-order valence-corrected chi connectivity index (χ4v) is 4.97. The predicted molar refractivity (Wildman–Crippen MR) is 94.0 cm³/mol. The molecule has 0 aromatic carbocycles. The van der Waals surface area contributed by atoms with Crippen LogP contribution in [0.15, 0.2) is 0 Å². The van der Waals surface area contributed by atoms with E-state index >= 15 is 0 Å². The Labute approximate surface area is 145 Å². The number of urea groups is 1. The average molecular weight is 335 g/mol. The van der Waals surface area contributed by atoms with Crippen LogP contribution in [0.5, 0.6) is 0 Å². The maximum Gasteiger partial charge on any atom is 0.315 e. The molecule has 0 unspecified atom stereocenters. The van der Waals surface area contributed by atoms with E-state index in [2.05, 4.69) is 15.5 Å². The second-order valence-corrected chi connectivity index (χ2v) is 8.52. The van der Waals surface area contributed by atoms with E-state index in [1.54, 1.807) is 0 Å². The minimum Gasteiger partial charge on any atom is -0.375 e. The Morgan fingerprint density at radius 1 is 1.12 bits per heavy atom. The van der Waals surface area contributed by atoms with Crippen LogP contribution in [0.25, 0.3) is 0 Å². The summed E-state index contributed by atoms with van der Waals surface area (Å²) in [4.78, 5) is 14.9. The Kier molecular flexibility index (Phi) is 5.00. The quantitative estimate of drug-likeness (QED) is 0.830. The molecule has 5 heteroatoms. The molecule has 2 saturated heterocycles. The fourth-order valence-electron chi connectivity index (χ4n) is 4.97. The first kappa shape index (κ1) is 16.6. The molecule has 0 radical (unpaired) electrons. The summed E-state index contributed by atoms with van der Waals surface area (Å²) in [5.74, 6) is 0.635. The van der Waals surface area contributed by atoms with Gasteiger partial charge in [0.25, 0.3) is 0 Å². The molecule has 2 heterocycles. The molecule has 24 heavy (non-hydrogen) atoms. The highest BCUT2D eigenvalue weighted by molar-refractivity contribution is 5.74. The molecule has 2 saturated carbocycles. The van der Waals surface area contributed by atoms with Gasteiger partial charge >= 0.3 is 6.03 Å². The monoisotopic (exact) mass is 335 g/mol. The largest absolute Gasteiger partial charge is 0.375 e. The smallest absolute Gasteiger partial charge is 0.315 e. The zero-order valence-electron chi connectivity index (χ0n) is 14.9. The van der Waals surface area contributed by atoms with Crippen LogP contribution in [0.1, 0.15) is 64.2 Å². The lowest BCUT2D eigenvalue weighted by molar-refractivity contribution is -0.107. The van der Waals surface area contributed by atoms with Crippen molar-refractivity contribution in [1.82, 2.24) is 15.5 Å². The van der Waals surface area contributed by atoms with E-state index in [1.807, 2.05) is 0 Å². The molecule has 136 valence electrons. The Morgan fingerprint density at radius 3 is 2.75 bits per heavy atom. The van der Waals surface area contributed by atoms with Crippen molar-refractivity contribution in [3.8, 4) is 0 Å². The van der Waals surface area contributed by atoms with Crippen molar-refractivity contribution in [3.05, 3.63) is 0 Å². The first-order chi connectivity index (χ1) is 11.7. The molecule has 0 aromatic heterocycles. The normalized spacial score (nSPS) is 33.5. The van der Waals surface area contributed by atoms with Crippen LogP contribution in [-0.4, -0.2) is 54.9 Å². The van der Waals surface area contributed by atoms with Gasteiger partial charge in [-0.3, -0.25) is 0 Å². The molecule has 2 aliphatic heterocycles. The molecular formula is C19H33N3O2. The first-order valence-electron chi connectivity index (χ1n) is 10.1. The fraction of sp³-hybridized carbons (Fsp3) is 0.947. The van der Waals surface area contributed by atoms with Gasteiger partial charge in [-0.1, -0.05) is 19.3 Å². The molecule has 4 aliphatic rings.